The third-order valence-electron chi connectivity index (χ3n) is 9.17. The van der Waals surface area contributed by atoms with E-state index in [-0.39, 0.29) is 11.6 Å². The molecule has 3 heteroatoms. The largest absolute Gasteiger partial charge is 0.333 e. The summed E-state index contributed by atoms with van der Waals surface area (Å²) >= 11 is 0. The van der Waals surface area contributed by atoms with E-state index in [4.69, 9.17) is 0 Å². The minimum absolute atomic E-state index is 0.154. The van der Waals surface area contributed by atoms with Crippen molar-refractivity contribution in [2.24, 2.45) is 17.3 Å². The van der Waals surface area contributed by atoms with Gasteiger partial charge in [0.25, 0.3) is 0 Å². The van der Waals surface area contributed by atoms with Gasteiger partial charge in [-0.15, -0.1) is 0 Å². The van der Waals surface area contributed by atoms with E-state index in [9.17, 15) is 4.79 Å². The average molecular weight is 423 g/mol. The van der Waals surface area contributed by atoms with Gasteiger partial charge in [0.15, 0.2) is 0 Å². The fourth-order valence-corrected chi connectivity index (χ4v) is 8.06. The number of nitrogens with one attached hydrogen (secondary N) is 1. The summed E-state index contributed by atoms with van der Waals surface area (Å²) in [5.41, 5.74) is 2.27. The number of nitrogens with zero attached hydrogens (tertiary/aromatic N) is 1. The lowest BCUT2D eigenvalue weighted by atomic mass is 9.43. The second-order valence-electron chi connectivity index (χ2n) is 11.7. The van der Waals surface area contributed by atoms with Crippen molar-refractivity contribution in [1.29, 1.82) is 0 Å². The first kappa shape index (κ1) is 21.3. The van der Waals surface area contributed by atoms with Crippen molar-refractivity contribution in [2.75, 3.05) is 13.1 Å². The molecule has 170 valence electrons. The lowest BCUT2D eigenvalue weighted by Crippen LogP contribution is -2.68. The number of rotatable bonds is 8. The maximum absolute atomic E-state index is 13.1. The fourth-order valence-electron chi connectivity index (χ4n) is 8.06. The van der Waals surface area contributed by atoms with Gasteiger partial charge >= 0.3 is 6.03 Å². The van der Waals surface area contributed by atoms with Crippen LogP contribution in [0.3, 0.4) is 0 Å². The Balaban J connectivity index is 1.07. The standard InChI is InChI=1S/C28H42N2O/c1-2-8-24(25-11-4-3-5-12-25)13-6-9-22-14-16-30(19-22)26(31)29-28-18-23-10-7-15-27(17-23,20-28)21-28/h3-5,11-12,22-24H,2,6-10,13-21H2,1H3,(H,29,31)/t22?,23-,24?,27?,28?/m1/s1. The van der Waals surface area contributed by atoms with Gasteiger partial charge in [0.2, 0.25) is 0 Å². The zero-order chi connectivity index (χ0) is 21.3. The number of hydrogen-bond donors (Lipinski definition) is 1. The third-order valence-corrected chi connectivity index (χ3v) is 9.17. The van der Waals surface area contributed by atoms with Gasteiger partial charge in [-0.2, -0.15) is 0 Å². The highest BCUT2D eigenvalue weighted by Gasteiger charge is 2.61. The quantitative estimate of drug-likeness (QED) is 0.486. The minimum atomic E-state index is 0.154. The Morgan fingerprint density at radius 1 is 1.16 bits per heavy atom. The van der Waals surface area contributed by atoms with Crippen molar-refractivity contribution in [3.05, 3.63) is 35.9 Å². The van der Waals surface area contributed by atoms with Crippen LogP contribution in [0.15, 0.2) is 30.3 Å². The van der Waals surface area contributed by atoms with E-state index in [2.05, 4.69) is 47.5 Å². The summed E-state index contributed by atoms with van der Waals surface area (Å²) in [5, 5.41) is 3.55. The van der Waals surface area contributed by atoms with Crippen LogP contribution < -0.4 is 5.32 Å². The van der Waals surface area contributed by atoms with Crippen molar-refractivity contribution >= 4 is 6.03 Å². The summed E-state index contributed by atoms with van der Waals surface area (Å²) in [6.07, 6.45) is 17.0. The van der Waals surface area contributed by atoms with Gasteiger partial charge in [-0.05, 0) is 86.5 Å². The van der Waals surface area contributed by atoms with Crippen LogP contribution in [0.25, 0.3) is 0 Å². The molecule has 6 rings (SSSR count). The molecule has 4 aliphatic carbocycles. The predicted molar refractivity (Wildman–Crippen MR) is 127 cm³/mol. The lowest BCUT2D eigenvalue weighted by Gasteiger charge is -2.65. The molecule has 3 bridgehead atoms. The van der Waals surface area contributed by atoms with Crippen molar-refractivity contribution in [3.63, 3.8) is 0 Å². The van der Waals surface area contributed by atoms with Gasteiger partial charge < -0.3 is 10.2 Å². The first-order valence-electron chi connectivity index (χ1n) is 13.2. The number of carbonyl (C=O) groups excluding carboxylic acids is 1. The van der Waals surface area contributed by atoms with Crippen LogP contribution >= 0.6 is 0 Å². The van der Waals surface area contributed by atoms with Gasteiger partial charge in [0.1, 0.15) is 0 Å². The summed E-state index contributed by atoms with van der Waals surface area (Å²) in [6, 6.07) is 11.3. The van der Waals surface area contributed by atoms with E-state index in [1.807, 2.05) is 0 Å². The highest BCUT2D eigenvalue weighted by atomic mass is 16.2. The highest BCUT2D eigenvalue weighted by Crippen LogP contribution is 2.65. The molecule has 1 aromatic carbocycles. The third kappa shape index (κ3) is 4.52. The Hall–Kier alpha value is -1.51. The Labute approximate surface area is 189 Å². The number of carbonyl (C=O) groups is 1. The van der Waals surface area contributed by atoms with Crippen molar-refractivity contribution in [3.8, 4) is 0 Å². The molecule has 5 aliphatic rings. The molecular weight excluding hydrogens is 380 g/mol. The topological polar surface area (TPSA) is 32.3 Å². The number of likely N-dealkylation sites (tertiary alicyclic amines) is 1. The average Bonchev–Trinajstić information content (AvgIpc) is 3.22. The lowest BCUT2D eigenvalue weighted by molar-refractivity contribution is -0.104. The molecule has 5 fully saturated rings. The van der Waals surface area contributed by atoms with Crippen LogP contribution in [0, 0.1) is 17.3 Å². The van der Waals surface area contributed by atoms with E-state index < -0.39 is 0 Å². The second kappa shape index (κ2) is 8.79. The maximum atomic E-state index is 13.1. The normalized spacial score (nSPS) is 34.8. The van der Waals surface area contributed by atoms with Crippen molar-refractivity contribution in [2.45, 2.75) is 102 Å². The maximum Gasteiger partial charge on any atom is 0.317 e. The van der Waals surface area contributed by atoms with Crippen LogP contribution in [0.5, 0.6) is 0 Å². The predicted octanol–water partition coefficient (Wildman–Crippen LogP) is 6.89. The van der Waals surface area contributed by atoms with Crippen LogP contribution in [-0.4, -0.2) is 29.6 Å². The summed E-state index contributed by atoms with van der Waals surface area (Å²) in [7, 11) is 0. The summed E-state index contributed by atoms with van der Waals surface area (Å²) in [5.74, 6) is 2.27. The monoisotopic (exact) mass is 422 g/mol. The Bertz CT molecular complexity index is 748. The molecule has 3 nitrogen and oxygen atoms in total. The van der Waals surface area contributed by atoms with E-state index in [1.165, 1.54) is 89.0 Å². The molecule has 2 amide bonds. The molecule has 2 unspecified atom stereocenters. The highest BCUT2D eigenvalue weighted by molar-refractivity contribution is 5.75. The Morgan fingerprint density at radius 2 is 2.00 bits per heavy atom. The van der Waals surface area contributed by atoms with Crippen LogP contribution in [0.1, 0.15) is 102 Å². The number of benzene rings is 1. The minimum Gasteiger partial charge on any atom is -0.333 e. The summed E-state index contributed by atoms with van der Waals surface area (Å²) in [6.45, 7) is 4.23. The fraction of sp³-hybridized carbons (Fsp3) is 0.750. The number of amides is 2. The SMILES string of the molecule is CCCC(CCCC1CCN(C(=O)NC23C[C@@H]4CCCC(C4)(C2)C3)C1)c1ccccc1. The summed E-state index contributed by atoms with van der Waals surface area (Å²) in [4.78, 5) is 15.2. The van der Waals surface area contributed by atoms with E-state index in [1.54, 1.807) is 0 Å². The van der Waals surface area contributed by atoms with Crippen molar-refractivity contribution in [1.82, 2.24) is 10.2 Å². The summed E-state index contributed by atoms with van der Waals surface area (Å²) < 4.78 is 0. The number of urea groups is 1. The molecule has 0 aromatic heterocycles. The first-order valence-corrected chi connectivity index (χ1v) is 13.2. The molecule has 31 heavy (non-hydrogen) atoms. The molecule has 1 aliphatic heterocycles. The van der Waals surface area contributed by atoms with Gasteiger partial charge in [-0.3, -0.25) is 0 Å². The smallest absolute Gasteiger partial charge is 0.317 e. The van der Waals surface area contributed by atoms with E-state index in [0.29, 0.717) is 17.3 Å². The first-order chi connectivity index (χ1) is 15.1. The zero-order valence-corrected chi connectivity index (χ0v) is 19.6. The van der Waals surface area contributed by atoms with Crippen molar-refractivity contribution < 1.29 is 4.79 Å². The molecule has 1 spiro atoms. The van der Waals surface area contributed by atoms with E-state index >= 15 is 0 Å². The van der Waals surface area contributed by atoms with Crippen LogP contribution in [-0.2, 0) is 0 Å². The second-order valence-corrected chi connectivity index (χ2v) is 11.7. The van der Waals surface area contributed by atoms with Crippen LogP contribution in [0.4, 0.5) is 4.79 Å². The number of hydrogen-bond acceptors (Lipinski definition) is 1. The molecule has 3 atom stereocenters. The van der Waals surface area contributed by atoms with Gasteiger partial charge in [-0.25, -0.2) is 4.79 Å². The Morgan fingerprint density at radius 3 is 2.77 bits per heavy atom. The molecular formula is C28H42N2O. The molecule has 1 saturated heterocycles. The van der Waals surface area contributed by atoms with Crippen LogP contribution in [0.2, 0.25) is 0 Å². The molecule has 0 radical (unpaired) electrons. The molecule has 1 N–H and O–H groups in total. The van der Waals surface area contributed by atoms with Gasteiger partial charge in [0.05, 0.1) is 0 Å². The molecule has 1 aromatic rings. The zero-order valence-electron chi connectivity index (χ0n) is 19.6. The van der Waals surface area contributed by atoms with E-state index in [0.717, 1.165) is 19.0 Å². The van der Waals surface area contributed by atoms with Gasteiger partial charge in [-0.1, -0.05) is 62.9 Å². The van der Waals surface area contributed by atoms with Gasteiger partial charge in [0, 0.05) is 18.6 Å². The molecule has 1 heterocycles. The Kier molecular flexibility index (Phi) is 6.05. The molecule has 4 saturated carbocycles.